The Hall–Kier alpha value is -2.04. The number of nitrogens with zero attached hydrogens (tertiary/aromatic N) is 2. The Kier molecular flexibility index (Phi) is 11.2. The van der Waals surface area contributed by atoms with Crippen LogP contribution in [-0.2, 0) is 6.42 Å². The van der Waals surface area contributed by atoms with Gasteiger partial charge in [-0.05, 0) is 48.8 Å². The topological polar surface area (TPSA) is 35.0 Å². The molecule has 3 nitrogen and oxygen atoms in total. The Morgan fingerprint density at radius 3 is 2.15 bits per heavy atom. The van der Waals surface area contributed by atoms with Crippen LogP contribution in [0.25, 0.3) is 11.3 Å². The lowest BCUT2D eigenvalue weighted by atomic mass is 9.77. The van der Waals surface area contributed by atoms with Gasteiger partial charge in [0.05, 0.1) is 12.3 Å². The van der Waals surface area contributed by atoms with Gasteiger partial charge in [0, 0.05) is 11.6 Å². The highest BCUT2D eigenvalue weighted by atomic mass is 19.2. The van der Waals surface area contributed by atoms with Crippen LogP contribution in [0.4, 0.5) is 8.78 Å². The third-order valence-electron chi connectivity index (χ3n) is 7.33. The normalized spacial score (nSPS) is 18.2. The molecule has 1 aliphatic rings. The predicted octanol–water partition coefficient (Wildman–Crippen LogP) is 8.70. The van der Waals surface area contributed by atoms with Crippen molar-refractivity contribution in [2.75, 3.05) is 6.61 Å². The molecule has 3 rings (SSSR count). The van der Waals surface area contributed by atoms with Crippen molar-refractivity contribution in [2.24, 2.45) is 11.8 Å². The van der Waals surface area contributed by atoms with E-state index in [4.69, 9.17) is 4.74 Å². The average Bonchev–Trinajstić information content (AvgIpc) is 2.86. The van der Waals surface area contributed by atoms with Gasteiger partial charge in [-0.2, -0.15) is 0 Å². The fourth-order valence-electron chi connectivity index (χ4n) is 5.08. The Labute approximate surface area is 204 Å². The summed E-state index contributed by atoms with van der Waals surface area (Å²) in [6, 6.07) is 6.66. The summed E-state index contributed by atoms with van der Waals surface area (Å²) in [5.74, 6) is 0.335. The number of hydrogen-bond acceptors (Lipinski definition) is 3. The molecule has 0 saturated heterocycles. The van der Waals surface area contributed by atoms with Crippen LogP contribution >= 0.6 is 0 Å². The van der Waals surface area contributed by atoms with Gasteiger partial charge in [-0.25, -0.2) is 8.78 Å². The third kappa shape index (κ3) is 8.02. The fourth-order valence-corrected chi connectivity index (χ4v) is 5.08. The van der Waals surface area contributed by atoms with Gasteiger partial charge in [0.25, 0.3) is 0 Å². The van der Waals surface area contributed by atoms with E-state index in [1.807, 2.05) is 0 Å². The van der Waals surface area contributed by atoms with Crippen LogP contribution in [0.15, 0.2) is 24.3 Å². The van der Waals surface area contributed by atoms with Gasteiger partial charge in [0.1, 0.15) is 0 Å². The van der Waals surface area contributed by atoms with E-state index in [2.05, 4.69) is 24.0 Å². The minimum absolute atomic E-state index is 0.149. The monoisotopic (exact) mass is 472 g/mol. The molecular weight excluding hydrogens is 430 g/mol. The average molecular weight is 473 g/mol. The van der Waals surface area contributed by atoms with E-state index in [9.17, 15) is 8.78 Å². The lowest BCUT2D eigenvalue weighted by Gasteiger charge is -2.28. The van der Waals surface area contributed by atoms with Crippen molar-refractivity contribution in [1.82, 2.24) is 10.2 Å². The second-order valence-electron chi connectivity index (χ2n) is 9.99. The summed E-state index contributed by atoms with van der Waals surface area (Å²) in [6.07, 6.45) is 16.3. The Balaban J connectivity index is 1.49. The number of unbranched alkanes of at least 4 members (excludes halogenated alkanes) is 5. The van der Waals surface area contributed by atoms with Crippen LogP contribution in [0.5, 0.6) is 5.88 Å². The van der Waals surface area contributed by atoms with E-state index in [1.54, 1.807) is 24.3 Å². The molecule has 0 unspecified atom stereocenters. The molecule has 1 saturated carbocycles. The molecule has 1 heterocycles. The smallest absolute Gasteiger partial charge is 0.233 e. The molecule has 1 aliphatic carbocycles. The summed E-state index contributed by atoms with van der Waals surface area (Å²) in [5.41, 5.74) is 0.935. The summed E-state index contributed by atoms with van der Waals surface area (Å²) in [4.78, 5) is 0. The van der Waals surface area contributed by atoms with Crippen LogP contribution in [-0.4, -0.2) is 16.8 Å². The molecule has 2 aromatic rings. The summed E-state index contributed by atoms with van der Waals surface area (Å²) in [6.45, 7) is 5.01. The molecule has 0 N–H and O–H groups in total. The predicted molar refractivity (Wildman–Crippen MR) is 135 cm³/mol. The first-order valence-corrected chi connectivity index (χ1v) is 13.6. The highest BCUT2D eigenvalue weighted by Gasteiger charge is 2.22. The molecule has 1 fully saturated rings. The first-order valence-electron chi connectivity index (χ1n) is 13.6. The van der Waals surface area contributed by atoms with Gasteiger partial charge >= 0.3 is 0 Å². The summed E-state index contributed by atoms with van der Waals surface area (Å²) < 4.78 is 35.3. The molecule has 0 bridgehead atoms. The molecule has 188 valence electrons. The number of aromatic nitrogens is 2. The van der Waals surface area contributed by atoms with Crippen molar-refractivity contribution in [2.45, 2.75) is 104 Å². The summed E-state index contributed by atoms with van der Waals surface area (Å²) >= 11 is 0. The molecule has 0 radical (unpaired) electrons. The summed E-state index contributed by atoms with van der Waals surface area (Å²) in [5, 5.41) is 8.10. The van der Waals surface area contributed by atoms with Gasteiger partial charge in [-0.15, -0.1) is 10.2 Å². The van der Waals surface area contributed by atoms with E-state index in [0.717, 1.165) is 25.2 Å². The van der Waals surface area contributed by atoms with Crippen molar-refractivity contribution in [1.29, 1.82) is 0 Å². The Bertz CT molecular complexity index is 848. The van der Waals surface area contributed by atoms with Crippen LogP contribution in [0, 0.1) is 23.5 Å². The van der Waals surface area contributed by atoms with Crippen molar-refractivity contribution < 1.29 is 13.5 Å². The van der Waals surface area contributed by atoms with Crippen LogP contribution < -0.4 is 4.74 Å². The number of aryl methyl sites for hydroxylation is 1. The molecule has 0 atom stereocenters. The zero-order chi connectivity index (χ0) is 24.2. The summed E-state index contributed by atoms with van der Waals surface area (Å²) in [7, 11) is 0. The number of hydrogen-bond donors (Lipinski definition) is 0. The van der Waals surface area contributed by atoms with E-state index >= 15 is 0 Å². The molecule has 0 aliphatic heterocycles. The SMILES string of the molecule is CCCCCCOc1ccc(-c2ccc(CCC3CCC(CCCCC)CC3)c(F)c2F)nn1. The van der Waals surface area contributed by atoms with E-state index in [0.29, 0.717) is 36.1 Å². The third-order valence-corrected chi connectivity index (χ3v) is 7.33. The van der Waals surface area contributed by atoms with Crippen LogP contribution in [0.2, 0.25) is 0 Å². The van der Waals surface area contributed by atoms with Gasteiger partial charge in [0.2, 0.25) is 5.88 Å². The maximum Gasteiger partial charge on any atom is 0.233 e. The van der Waals surface area contributed by atoms with E-state index in [-0.39, 0.29) is 5.56 Å². The quantitative estimate of drug-likeness (QED) is 0.258. The zero-order valence-electron chi connectivity index (χ0n) is 21.1. The largest absolute Gasteiger partial charge is 0.477 e. The minimum atomic E-state index is -0.834. The van der Waals surface area contributed by atoms with Crippen molar-refractivity contribution in [3.63, 3.8) is 0 Å². The maximum absolute atomic E-state index is 14.9. The standard InChI is InChI=1S/C29H42F2N2O/c1-3-5-7-9-21-34-27-20-19-26(32-33-27)25-18-17-24(28(30)29(25)31)16-15-23-13-11-22(12-14-23)10-8-6-4-2/h17-20,22-23H,3-16,21H2,1-2H3. The maximum atomic E-state index is 14.9. The van der Waals surface area contributed by atoms with Crippen LogP contribution in [0.3, 0.4) is 0 Å². The van der Waals surface area contributed by atoms with Gasteiger partial charge in [-0.1, -0.05) is 90.5 Å². The molecule has 1 aromatic carbocycles. The minimum Gasteiger partial charge on any atom is -0.477 e. The molecule has 0 spiro atoms. The second-order valence-corrected chi connectivity index (χ2v) is 9.99. The number of benzene rings is 1. The van der Waals surface area contributed by atoms with Crippen molar-refractivity contribution in [3.05, 3.63) is 41.5 Å². The second kappa shape index (κ2) is 14.4. The number of rotatable bonds is 14. The Morgan fingerprint density at radius 1 is 0.765 bits per heavy atom. The fraction of sp³-hybridized carbons (Fsp3) is 0.655. The first kappa shape index (κ1) is 26.6. The van der Waals surface area contributed by atoms with Crippen LogP contribution in [0.1, 0.15) is 103 Å². The van der Waals surface area contributed by atoms with E-state index < -0.39 is 11.6 Å². The molecule has 0 amide bonds. The number of ether oxygens (including phenoxy) is 1. The first-order chi connectivity index (χ1) is 16.6. The lowest BCUT2D eigenvalue weighted by Crippen LogP contribution is -2.15. The molecular formula is C29H42F2N2O. The highest BCUT2D eigenvalue weighted by molar-refractivity contribution is 5.60. The molecule has 1 aromatic heterocycles. The van der Waals surface area contributed by atoms with Crippen molar-refractivity contribution >= 4 is 0 Å². The highest BCUT2D eigenvalue weighted by Crippen LogP contribution is 2.35. The molecule has 5 heteroatoms. The molecule has 34 heavy (non-hydrogen) atoms. The van der Waals surface area contributed by atoms with E-state index in [1.165, 1.54) is 64.2 Å². The van der Waals surface area contributed by atoms with Gasteiger partial charge in [0.15, 0.2) is 11.6 Å². The lowest BCUT2D eigenvalue weighted by molar-refractivity contribution is 0.248. The zero-order valence-corrected chi connectivity index (χ0v) is 21.1. The number of halogens is 2. The van der Waals surface area contributed by atoms with Gasteiger partial charge < -0.3 is 4.74 Å². The Morgan fingerprint density at radius 2 is 1.47 bits per heavy atom. The van der Waals surface area contributed by atoms with Crippen molar-refractivity contribution in [3.8, 4) is 17.1 Å². The van der Waals surface area contributed by atoms with Gasteiger partial charge in [-0.3, -0.25) is 0 Å².